The minimum atomic E-state index is -0.755. The third-order valence-corrected chi connectivity index (χ3v) is 4.45. The van der Waals surface area contributed by atoms with E-state index in [1.54, 1.807) is 7.11 Å². The van der Waals surface area contributed by atoms with E-state index in [4.69, 9.17) is 4.74 Å². The topological polar surface area (TPSA) is 29.5 Å². The van der Waals surface area contributed by atoms with Crippen LogP contribution >= 0.6 is 47.8 Å². The van der Waals surface area contributed by atoms with Gasteiger partial charge >= 0.3 is 0 Å². The van der Waals surface area contributed by atoms with E-state index >= 15 is 0 Å². The first-order chi connectivity index (χ1) is 9.02. The molecule has 1 N–H and O–H groups in total. The number of ether oxygens (including phenoxy) is 1. The predicted octanol–water partition coefficient (Wildman–Crippen LogP) is 5.06. The standard InChI is InChI=1S/C14H11Br3O2/c1-19-13-7-9(16)2-4-10(13)14(18)11-6-8(15)3-5-12(11)17/h2-7,14,18H,1H3. The monoisotopic (exact) mass is 448 g/mol. The van der Waals surface area contributed by atoms with Crippen LogP contribution in [0, 0.1) is 0 Å². The van der Waals surface area contributed by atoms with Gasteiger partial charge in [0.25, 0.3) is 0 Å². The van der Waals surface area contributed by atoms with Crippen LogP contribution in [0.4, 0.5) is 0 Å². The van der Waals surface area contributed by atoms with E-state index in [1.807, 2.05) is 36.4 Å². The zero-order valence-corrected chi connectivity index (χ0v) is 14.8. The van der Waals surface area contributed by atoms with Crippen molar-refractivity contribution in [3.8, 4) is 5.75 Å². The molecule has 0 radical (unpaired) electrons. The number of aliphatic hydroxyl groups excluding tert-OH is 1. The Morgan fingerprint density at radius 3 is 2.26 bits per heavy atom. The van der Waals surface area contributed by atoms with Gasteiger partial charge in [-0.15, -0.1) is 0 Å². The van der Waals surface area contributed by atoms with Gasteiger partial charge < -0.3 is 9.84 Å². The summed E-state index contributed by atoms with van der Waals surface area (Å²) in [6.07, 6.45) is -0.755. The zero-order chi connectivity index (χ0) is 14.0. The number of hydrogen-bond donors (Lipinski definition) is 1. The molecule has 0 spiro atoms. The van der Waals surface area contributed by atoms with Crippen LogP contribution in [0.15, 0.2) is 49.8 Å². The molecule has 0 saturated heterocycles. The quantitative estimate of drug-likeness (QED) is 0.708. The lowest BCUT2D eigenvalue weighted by Gasteiger charge is -2.17. The molecule has 0 aliphatic heterocycles. The molecule has 0 amide bonds. The minimum absolute atomic E-state index is 0.647. The van der Waals surface area contributed by atoms with Gasteiger partial charge in [0.1, 0.15) is 11.9 Å². The maximum absolute atomic E-state index is 10.6. The first kappa shape index (κ1) is 15.0. The number of aliphatic hydroxyl groups is 1. The molecule has 0 heterocycles. The first-order valence-electron chi connectivity index (χ1n) is 5.49. The molecule has 0 saturated carbocycles. The van der Waals surface area contributed by atoms with Crippen molar-refractivity contribution in [1.82, 2.24) is 0 Å². The average Bonchev–Trinajstić information content (AvgIpc) is 2.40. The summed E-state index contributed by atoms with van der Waals surface area (Å²) in [4.78, 5) is 0. The number of halogens is 3. The zero-order valence-electron chi connectivity index (χ0n) is 10.0. The molecule has 2 rings (SSSR count). The highest BCUT2D eigenvalue weighted by atomic mass is 79.9. The van der Waals surface area contributed by atoms with E-state index in [9.17, 15) is 5.11 Å². The highest BCUT2D eigenvalue weighted by molar-refractivity contribution is 9.11. The normalized spacial score (nSPS) is 12.3. The summed E-state index contributed by atoms with van der Waals surface area (Å²) in [5.41, 5.74) is 1.51. The van der Waals surface area contributed by atoms with Crippen molar-refractivity contribution in [2.75, 3.05) is 7.11 Å². The molecular weight excluding hydrogens is 440 g/mol. The van der Waals surface area contributed by atoms with E-state index < -0.39 is 6.10 Å². The van der Waals surface area contributed by atoms with Crippen molar-refractivity contribution in [2.45, 2.75) is 6.10 Å². The third-order valence-electron chi connectivity index (χ3n) is 2.74. The fourth-order valence-corrected chi connectivity index (χ4v) is 2.98. The van der Waals surface area contributed by atoms with Crippen LogP contribution < -0.4 is 4.74 Å². The third kappa shape index (κ3) is 3.40. The van der Waals surface area contributed by atoms with Crippen molar-refractivity contribution >= 4 is 47.8 Å². The molecule has 0 fully saturated rings. The Morgan fingerprint density at radius 1 is 0.947 bits per heavy atom. The van der Waals surface area contributed by atoms with Crippen molar-refractivity contribution in [1.29, 1.82) is 0 Å². The van der Waals surface area contributed by atoms with Gasteiger partial charge in [0, 0.05) is 24.5 Å². The smallest absolute Gasteiger partial charge is 0.126 e. The van der Waals surface area contributed by atoms with Crippen LogP contribution in [0.1, 0.15) is 17.2 Å². The largest absolute Gasteiger partial charge is 0.496 e. The van der Waals surface area contributed by atoms with E-state index in [0.717, 1.165) is 24.5 Å². The van der Waals surface area contributed by atoms with Crippen LogP contribution in [0.25, 0.3) is 0 Å². The molecular formula is C14H11Br3O2. The summed E-state index contributed by atoms with van der Waals surface area (Å²) in [5, 5.41) is 10.6. The fraction of sp³-hybridized carbons (Fsp3) is 0.143. The molecule has 100 valence electrons. The SMILES string of the molecule is COc1cc(Br)ccc1C(O)c1cc(Br)ccc1Br. The van der Waals surface area contributed by atoms with Gasteiger partial charge in [0.15, 0.2) is 0 Å². The Hall–Kier alpha value is -0.360. The van der Waals surface area contributed by atoms with Crippen LogP contribution in [-0.2, 0) is 0 Å². The summed E-state index contributed by atoms with van der Waals surface area (Å²) in [6, 6.07) is 11.3. The Morgan fingerprint density at radius 2 is 1.58 bits per heavy atom. The summed E-state index contributed by atoms with van der Waals surface area (Å²) >= 11 is 10.3. The highest BCUT2D eigenvalue weighted by Gasteiger charge is 2.18. The summed E-state index contributed by atoms with van der Waals surface area (Å²) in [6.45, 7) is 0. The van der Waals surface area contributed by atoms with E-state index in [1.165, 1.54) is 0 Å². The predicted molar refractivity (Wildman–Crippen MR) is 86.6 cm³/mol. The van der Waals surface area contributed by atoms with E-state index in [0.29, 0.717) is 5.75 Å². The molecule has 5 heteroatoms. The Labute approximate surface area is 137 Å². The van der Waals surface area contributed by atoms with Gasteiger partial charge in [0.2, 0.25) is 0 Å². The summed E-state index contributed by atoms with van der Waals surface area (Å²) < 4.78 is 8.00. The van der Waals surface area contributed by atoms with Crippen molar-refractivity contribution in [2.24, 2.45) is 0 Å². The van der Waals surface area contributed by atoms with Gasteiger partial charge in [-0.05, 0) is 30.3 Å². The molecule has 19 heavy (non-hydrogen) atoms. The van der Waals surface area contributed by atoms with E-state index in [-0.39, 0.29) is 0 Å². The van der Waals surface area contributed by atoms with Gasteiger partial charge in [-0.3, -0.25) is 0 Å². The second-order valence-corrected chi connectivity index (χ2v) is 6.64. The second kappa shape index (κ2) is 6.39. The Bertz CT molecular complexity index is 599. The van der Waals surface area contributed by atoms with Gasteiger partial charge in [-0.2, -0.15) is 0 Å². The lowest BCUT2D eigenvalue weighted by Crippen LogP contribution is -2.03. The fourth-order valence-electron chi connectivity index (χ4n) is 1.80. The summed E-state index contributed by atoms with van der Waals surface area (Å²) in [5.74, 6) is 0.647. The van der Waals surface area contributed by atoms with Gasteiger partial charge in [0.05, 0.1) is 7.11 Å². The number of methoxy groups -OCH3 is 1. The molecule has 2 nitrogen and oxygen atoms in total. The maximum Gasteiger partial charge on any atom is 0.126 e. The number of benzene rings is 2. The lowest BCUT2D eigenvalue weighted by atomic mass is 10.0. The maximum atomic E-state index is 10.6. The Balaban J connectivity index is 2.49. The number of rotatable bonds is 3. The second-order valence-electron chi connectivity index (χ2n) is 3.95. The lowest BCUT2D eigenvalue weighted by molar-refractivity contribution is 0.214. The van der Waals surface area contributed by atoms with Crippen LogP contribution in [0.5, 0.6) is 5.75 Å². The molecule has 1 unspecified atom stereocenters. The molecule has 0 bridgehead atoms. The van der Waals surface area contributed by atoms with Gasteiger partial charge in [-0.25, -0.2) is 0 Å². The molecule has 1 atom stereocenters. The van der Waals surface area contributed by atoms with Crippen molar-refractivity contribution in [3.63, 3.8) is 0 Å². The molecule has 0 aliphatic carbocycles. The number of hydrogen-bond acceptors (Lipinski definition) is 2. The molecule has 2 aromatic rings. The van der Waals surface area contributed by atoms with Gasteiger partial charge in [-0.1, -0.05) is 53.9 Å². The molecule has 0 aliphatic rings. The first-order valence-corrected chi connectivity index (χ1v) is 7.87. The summed E-state index contributed by atoms with van der Waals surface area (Å²) in [7, 11) is 1.59. The van der Waals surface area contributed by atoms with Crippen molar-refractivity contribution < 1.29 is 9.84 Å². The van der Waals surface area contributed by atoms with Crippen LogP contribution in [0.3, 0.4) is 0 Å². The van der Waals surface area contributed by atoms with Crippen molar-refractivity contribution in [3.05, 3.63) is 60.9 Å². The van der Waals surface area contributed by atoms with Crippen LogP contribution in [0.2, 0.25) is 0 Å². The highest BCUT2D eigenvalue weighted by Crippen LogP contribution is 2.36. The van der Waals surface area contributed by atoms with Crippen LogP contribution in [-0.4, -0.2) is 12.2 Å². The molecule has 0 aromatic heterocycles. The Kier molecular flexibility index (Phi) is 5.06. The molecule has 2 aromatic carbocycles. The van der Waals surface area contributed by atoms with E-state index in [2.05, 4.69) is 47.8 Å². The average molecular weight is 451 g/mol. The minimum Gasteiger partial charge on any atom is -0.496 e.